The van der Waals surface area contributed by atoms with Crippen LogP contribution in [0, 0.1) is 0 Å². The number of nitrogens with one attached hydrogen (secondary N) is 2. The van der Waals surface area contributed by atoms with Crippen molar-refractivity contribution in [1.82, 2.24) is 25.6 Å². The van der Waals surface area contributed by atoms with E-state index < -0.39 is 5.91 Å². The van der Waals surface area contributed by atoms with Crippen LogP contribution in [0.2, 0.25) is 0 Å². The van der Waals surface area contributed by atoms with Crippen molar-refractivity contribution in [3.8, 4) is 10.6 Å². The highest BCUT2D eigenvalue weighted by molar-refractivity contribution is 7.13. The maximum absolute atomic E-state index is 11.9. The van der Waals surface area contributed by atoms with Crippen LogP contribution in [-0.4, -0.2) is 31.5 Å². The normalized spacial score (nSPS) is 10.4. The average molecular weight is 287 g/mol. The van der Waals surface area contributed by atoms with Crippen LogP contribution in [0.5, 0.6) is 0 Å². The third-order valence-corrected chi connectivity index (χ3v) is 3.37. The van der Waals surface area contributed by atoms with E-state index in [1.165, 1.54) is 11.3 Å². The lowest BCUT2D eigenvalue weighted by atomic mass is 10.2. The minimum absolute atomic E-state index is 0.101. The molecule has 0 aliphatic rings. The van der Waals surface area contributed by atoms with Crippen molar-refractivity contribution in [3.05, 3.63) is 35.3 Å². The fourth-order valence-electron chi connectivity index (χ4n) is 1.57. The van der Waals surface area contributed by atoms with E-state index in [2.05, 4.69) is 30.9 Å². The second kappa shape index (κ2) is 5.05. The Morgan fingerprint density at radius 2 is 2.20 bits per heavy atom. The Hall–Kier alpha value is -2.81. The van der Waals surface area contributed by atoms with E-state index >= 15 is 0 Å². The van der Waals surface area contributed by atoms with E-state index in [0.29, 0.717) is 10.7 Å². The molecule has 0 spiro atoms. The zero-order chi connectivity index (χ0) is 13.9. The molecule has 0 aliphatic heterocycles. The molecule has 0 atom stereocenters. The maximum atomic E-state index is 11.9. The van der Waals surface area contributed by atoms with Gasteiger partial charge in [0.15, 0.2) is 0 Å². The summed E-state index contributed by atoms with van der Waals surface area (Å²) in [5, 5.41) is 17.7. The largest absolute Gasteiger partial charge is 0.398 e. The SMILES string of the molecule is Nc1ccccc1-c1nc(C(=O)Nc2nn[nH]n2)cs1. The monoisotopic (exact) mass is 287 g/mol. The number of carbonyl (C=O) groups is 1. The number of carbonyl (C=O) groups excluding carboxylic acids is 1. The van der Waals surface area contributed by atoms with Crippen LogP contribution in [0.4, 0.5) is 11.6 Å². The topological polar surface area (TPSA) is 122 Å². The first kappa shape index (κ1) is 12.2. The molecule has 20 heavy (non-hydrogen) atoms. The molecule has 2 heterocycles. The van der Waals surface area contributed by atoms with Crippen LogP contribution in [0.3, 0.4) is 0 Å². The summed E-state index contributed by atoms with van der Waals surface area (Å²) in [4.78, 5) is 16.2. The van der Waals surface area contributed by atoms with Gasteiger partial charge in [0, 0.05) is 16.6 Å². The first-order valence-corrected chi connectivity index (χ1v) is 6.47. The highest BCUT2D eigenvalue weighted by Crippen LogP contribution is 2.28. The molecule has 0 unspecified atom stereocenters. The van der Waals surface area contributed by atoms with Crippen molar-refractivity contribution in [3.63, 3.8) is 0 Å². The number of hydrogen-bond acceptors (Lipinski definition) is 7. The zero-order valence-corrected chi connectivity index (χ0v) is 10.9. The number of nitrogens with zero attached hydrogens (tertiary/aromatic N) is 4. The highest BCUT2D eigenvalue weighted by Gasteiger charge is 2.14. The molecule has 0 bridgehead atoms. The molecule has 4 N–H and O–H groups in total. The van der Waals surface area contributed by atoms with E-state index in [4.69, 9.17) is 5.73 Å². The lowest BCUT2D eigenvalue weighted by molar-refractivity contribution is 0.102. The molecule has 9 heteroatoms. The molecule has 3 aromatic rings. The highest BCUT2D eigenvalue weighted by atomic mass is 32.1. The lowest BCUT2D eigenvalue weighted by Gasteiger charge is -2.00. The summed E-state index contributed by atoms with van der Waals surface area (Å²) in [7, 11) is 0. The molecule has 8 nitrogen and oxygen atoms in total. The summed E-state index contributed by atoms with van der Waals surface area (Å²) in [5.74, 6) is -0.299. The number of hydrogen-bond donors (Lipinski definition) is 3. The molecular weight excluding hydrogens is 278 g/mol. The Morgan fingerprint density at radius 3 is 2.95 bits per heavy atom. The number of amides is 1. The van der Waals surface area contributed by atoms with Gasteiger partial charge >= 0.3 is 0 Å². The zero-order valence-electron chi connectivity index (χ0n) is 10.1. The van der Waals surface area contributed by atoms with Gasteiger partial charge in [-0.1, -0.05) is 17.2 Å². The molecule has 1 amide bonds. The second-order valence-electron chi connectivity index (χ2n) is 3.81. The van der Waals surface area contributed by atoms with E-state index in [0.717, 1.165) is 5.56 Å². The number of nitrogen functional groups attached to an aromatic ring is 1. The predicted molar refractivity (Wildman–Crippen MR) is 74.1 cm³/mol. The van der Waals surface area contributed by atoms with Gasteiger partial charge in [0.2, 0.25) is 0 Å². The van der Waals surface area contributed by atoms with Crippen molar-refractivity contribution in [2.75, 3.05) is 11.1 Å². The Labute approximate surface area is 117 Å². The molecule has 2 aromatic heterocycles. The lowest BCUT2D eigenvalue weighted by Crippen LogP contribution is -2.13. The van der Waals surface area contributed by atoms with Crippen molar-refractivity contribution in [2.45, 2.75) is 0 Å². The number of tetrazole rings is 1. The molecular formula is C11H9N7OS. The van der Waals surface area contributed by atoms with Crippen molar-refractivity contribution < 1.29 is 4.79 Å². The van der Waals surface area contributed by atoms with Gasteiger partial charge in [-0.3, -0.25) is 10.1 Å². The summed E-state index contributed by atoms with van der Waals surface area (Å²) in [6, 6.07) is 7.35. The molecule has 3 rings (SSSR count). The molecule has 0 fully saturated rings. The van der Waals surface area contributed by atoms with Gasteiger partial charge < -0.3 is 5.73 Å². The van der Waals surface area contributed by atoms with Crippen molar-refractivity contribution >= 4 is 28.9 Å². The van der Waals surface area contributed by atoms with Crippen molar-refractivity contribution in [1.29, 1.82) is 0 Å². The van der Waals surface area contributed by atoms with Gasteiger partial charge in [-0.2, -0.15) is 5.21 Å². The Bertz CT molecular complexity index is 737. The minimum atomic E-state index is -0.400. The van der Waals surface area contributed by atoms with Gasteiger partial charge in [0.05, 0.1) is 0 Å². The maximum Gasteiger partial charge on any atom is 0.277 e. The van der Waals surface area contributed by atoms with Gasteiger partial charge in [-0.05, 0) is 17.3 Å². The van der Waals surface area contributed by atoms with Gasteiger partial charge in [0.25, 0.3) is 11.9 Å². The number of anilines is 2. The summed E-state index contributed by atoms with van der Waals surface area (Å²) >= 11 is 1.34. The van der Waals surface area contributed by atoms with Gasteiger partial charge in [0.1, 0.15) is 10.7 Å². The molecule has 0 aliphatic carbocycles. The van der Waals surface area contributed by atoms with Gasteiger partial charge in [-0.25, -0.2) is 4.98 Å². The summed E-state index contributed by atoms with van der Waals surface area (Å²) < 4.78 is 0. The van der Waals surface area contributed by atoms with Crippen LogP contribution < -0.4 is 11.1 Å². The smallest absolute Gasteiger partial charge is 0.277 e. The van der Waals surface area contributed by atoms with Crippen molar-refractivity contribution in [2.24, 2.45) is 0 Å². The number of aromatic amines is 1. The fourth-order valence-corrected chi connectivity index (χ4v) is 2.42. The molecule has 0 saturated heterocycles. The number of para-hydroxylation sites is 1. The third-order valence-electron chi connectivity index (χ3n) is 2.50. The van der Waals surface area contributed by atoms with Crippen LogP contribution in [0.1, 0.15) is 10.5 Å². The number of benzene rings is 1. The quantitative estimate of drug-likeness (QED) is 0.621. The standard InChI is InChI=1S/C11H9N7OS/c12-7-4-2-1-3-6(7)10-13-8(5-20-10)9(19)14-11-15-17-18-16-11/h1-5H,12H2,(H2,14,15,16,17,18,19). The van der Waals surface area contributed by atoms with E-state index in [1.807, 2.05) is 18.2 Å². The van der Waals surface area contributed by atoms with Gasteiger partial charge in [-0.15, -0.1) is 16.4 Å². The van der Waals surface area contributed by atoms with Crippen LogP contribution in [-0.2, 0) is 0 Å². The molecule has 0 radical (unpaired) electrons. The molecule has 0 saturated carbocycles. The van der Waals surface area contributed by atoms with Crippen LogP contribution >= 0.6 is 11.3 Å². The first-order valence-electron chi connectivity index (χ1n) is 5.59. The predicted octanol–water partition coefficient (Wildman–Crippen LogP) is 1.16. The number of thiazole rings is 1. The first-order chi connectivity index (χ1) is 9.74. The summed E-state index contributed by atoms with van der Waals surface area (Å²) in [6.45, 7) is 0. The average Bonchev–Trinajstić information content (AvgIpc) is 3.10. The Kier molecular flexibility index (Phi) is 3.09. The van der Waals surface area contributed by atoms with Crippen LogP contribution in [0.15, 0.2) is 29.6 Å². The van der Waals surface area contributed by atoms with E-state index in [9.17, 15) is 4.79 Å². The fraction of sp³-hybridized carbons (Fsp3) is 0. The van der Waals surface area contributed by atoms with E-state index in [1.54, 1.807) is 11.4 Å². The second-order valence-corrected chi connectivity index (χ2v) is 4.67. The number of H-pyrrole nitrogens is 1. The van der Waals surface area contributed by atoms with Crippen LogP contribution in [0.25, 0.3) is 10.6 Å². The Morgan fingerprint density at radius 1 is 1.35 bits per heavy atom. The number of nitrogens with two attached hydrogens (primary N) is 1. The summed E-state index contributed by atoms with van der Waals surface area (Å²) in [5.41, 5.74) is 7.58. The molecule has 1 aromatic carbocycles. The van der Waals surface area contributed by atoms with E-state index in [-0.39, 0.29) is 11.6 Å². The summed E-state index contributed by atoms with van der Waals surface area (Å²) in [6.07, 6.45) is 0. The molecule has 100 valence electrons. The number of aromatic nitrogens is 5. The Balaban J connectivity index is 1.83. The third kappa shape index (κ3) is 2.34. The number of rotatable bonds is 3. The minimum Gasteiger partial charge on any atom is -0.398 e.